The Balaban J connectivity index is 2.16. The first-order valence-electron chi connectivity index (χ1n) is 6.84. The highest BCUT2D eigenvalue weighted by Gasteiger charge is 2.20. The Bertz CT molecular complexity index is 163. The molecule has 0 saturated carbocycles. The Labute approximate surface area is 100 Å². The highest BCUT2D eigenvalue weighted by Crippen LogP contribution is 2.17. The minimum Gasteiger partial charge on any atom is -0.377 e. The molecule has 0 radical (unpaired) electrons. The van der Waals surface area contributed by atoms with Crippen LogP contribution in [0.25, 0.3) is 0 Å². The minimum atomic E-state index is 0.460. The zero-order valence-electron chi connectivity index (χ0n) is 11.0. The summed E-state index contributed by atoms with van der Waals surface area (Å²) in [6, 6.07) is 0. The predicted molar refractivity (Wildman–Crippen MR) is 68.5 cm³/mol. The quantitative estimate of drug-likeness (QED) is 0.723. The number of nitrogens with two attached hydrogens (primary N) is 1. The third-order valence-electron chi connectivity index (χ3n) is 3.68. The summed E-state index contributed by atoms with van der Waals surface area (Å²) in [5.74, 6) is 0.876. The van der Waals surface area contributed by atoms with Crippen LogP contribution in [0, 0.1) is 5.92 Å². The van der Waals surface area contributed by atoms with E-state index in [1.54, 1.807) is 0 Å². The van der Waals surface area contributed by atoms with E-state index in [0.29, 0.717) is 12.6 Å². The van der Waals surface area contributed by atoms with E-state index in [2.05, 4.69) is 18.7 Å². The van der Waals surface area contributed by atoms with Crippen molar-refractivity contribution in [2.75, 3.05) is 32.8 Å². The zero-order valence-corrected chi connectivity index (χ0v) is 11.0. The van der Waals surface area contributed by atoms with Gasteiger partial charge in [-0.1, -0.05) is 26.7 Å². The van der Waals surface area contributed by atoms with Crippen LogP contribution in [0.1, 0.15) is 39.5 Å². The first-order chi connectivity index (χ1) is 7.80. The topological polar surface area (TPSA) is 38.5 Å². The number of rotatable bonds is 7. The first-order valence-corrected chi connectivity index (χ1v) is 6.84. The number of nitrogens with zero attached hydrogens (tertiary/aromatic N) is 1. The molecule has 0 aromatic heterocycles. The molecule has 0 aromatic carbocycles. The van der Waals surface area contributed by atoms with Gasteiger partial charge in [0.15, 0.2) is 0 Å². The average molecular weight is 228 g/mol. The highest BCUT2D eigenvalue weighted by molar-refractivity contribution is 4.74. The second-order valence-electron chi connectivity index (χ2n) is 4.84. The molecule has 1 rings (SSSR count). The van der Waals surface area contributed by atoms with Gasteiger partial charge in [-0.15, -0.1) is 0 Å². The second kappa shape index (κ2) is 8.04. The number of likely N-dealkylation sites (tertiary alicyclic amines) is 1. The maximum atomic E-state index is 5.69. The van der Waals surface area contributed by atoms with Crippen molar-refractivity contribution in [3.63, 3.8) is 0 Å². The molecule has 0 aromatic rings. The molecule has 16 heavy (non-hydrogen) atoms. The van der Waals surface area contributed by atoms with E-state index in [0.717, 1.165) is 12.5 Å². The maximum Gasteiger partial charge on any atom is 0.0600 e. The van der Waals surface area contributed by atoms with E-state index in [1.807, 2.05) is 0 Å². The molecule has 3 heteroatoms. The molecule has 1 aliphatic rings. The fourth-order valence-corrected chi connectivity index (χ4v) is 2.41. The molecule has 3 nitrogen and oxygen atoms in total. The summed E-state index contributed by atoms with van der Waals surface area (Å²) in [6.07, 6.45) is 5.43. The van der Waals surface area contributed by atoms with Crippen LogP contribution in [-0.2, 0) is 4.74 Å². The second-order valence-corrected chi connectivity index (χ2v) is 4.84. The number of hydrogen-bond donors (Lipinski definition) is 1. The number of piperidine rings is 1. The lowest BCUT2D eigenvalue weighted by atomic mass is 10.0. The molecule has 0 unspecified atom stereocenters. The van der Waals surface area contributed by atoms with Gasteiger partial charge < -0.3 is 15.4 Å². The summed E-state index contributed by atoms with van der Waals surface area (Å²) in [7, 11) is 0. The van der Waals surface area contributed by atoms with Crippen molar-refractivity contribution in [1.82, 2.24) is 4.90 Å². The Kier molecular flexibility index (Phi) is 7.01. The molecule has 96 valence electrons. The third-order valence-corrected chi connectivity index (χ3v) is 3.68. The molecule has 1 saturated heterocycles. The van der Waals surface area contributed by atoms with Crippen LogP contribution in [0.3, 0.4) is 0 Å². The monoisotopic (exact) mass is 228 g/mol. The largest absolute Gasteiger partial charge is 0.377 e. The molecule has 1 fully saturated rings. The van der Waals surface area contributed by atoms with E-state index in [9.17, 15) is 0 Å². The van der Waals surface area contributed by atoms with Crippen molar-refractivity contribution in [2.45, 2.75) is 45.6 Å². The number of hydrogen-bond acceptors (Lipinski definition) is 3. The van der Waals surface area contributed by atoms with E-state index >= 15 is 0 Å². The Morgan fingerprint density at radius 3 is 2.38 bits per heavy atom. The molecule has 0 amide bonds. The van der Waals surface area contributed by atoms with Crippen LogP contribution in [0.4, 0.5) is 0 Å². The lowest BCUT2D eigenvalue weighted by Gasteiger charge is -2.33. The van der Waals surface area contributed by atoms with Crippen molar-refractivity contribution in [3.05, 3.63) is 0 Å². The SMILES string of the molecule is CCC(CC)CN1CCC(OCCN)CC1. The zero-order chi connectivity index (χ0) is 11.8. The summed E-state index contributed by atoms with van der Waals surface area (Å²) in [5, 5.41) is 0. The Morgan fingerprint density at radius 2 is 1.88 bits per heavy atom. The van der Waals surface area contributed by atoms with Gasteiger partial charge >= 0.3 is 0 Å². The van der Waals surface area contributed by atoms with Crippen molar-refractivity contribution in [1.29, 1.82) is 0 Å². The molecule has 1 aliphatic heterocycles. The fourth-order valence-electron chi connectivity index (χ4n) is 2.41. The van der Waals surface area contributed by atoms with Crippen LogP contribution < -0.4 is 5.73 Å². The van der Waals surface area contributed by atoms with Crippen LogP contribution in [0.15, 0.2) is 0 Å². The summed E-state index contributed by atoms with van der Waals surface area (Å²) >= 11 is 0. The van der Waals surface area contributed by atoms with Crippen LogP contribution in [0.5, 0.6) is 0 Å². The van der Waals surface area contributed by atoms with Gasteiger partial charge in [0.2, 0.25) is 0 Å². The van der Waals surface area contributed by atoms with E-state index in [1.165, 1.54) is 45.3 Å². The van der Waals surface area contributed by atoms with Gasteiger partial charge in [0.25, 0.3) is 0 Å². The lowest BCUT2D eigenvalue weighted by Crippen LogP contribution is -2.39. The maximum absolute atomic E-state index is 5.69. The van der Waals surface area contributed by atoms with E-state index in [-0.39, 0.29) is 0 Å². The third kappa shape index (κ3) is 4.81. The summed E-state index contributed by atoms with van der Waals surface area (Å²) in [5.41, 5.74) is 5.44. The molecule has 0 aliphatic carbocycles. The van der Waals surface area contributed by atoms with Gasteiger partial charge in [-0.3, -0.25) is 0 Å². The van der Waals surface area contributed by atoms with Crippen molar-refractivity contribution < 1.29 is 4.74 Å². The van der Waals surface area contributed by atoms with E-state index < -0.39 is 0 Å². The molecule has 0 bridgehead atoms. The summed E-state index contributed by atoms with van der Waals surface area (Å²) in [4.78, 5) is 2.60. The van der Waals surface area contributed by atoms with E-state index in [4.69, 9.17) is 10.5 Å². The van der Waals surface area contributed by atoms with Gasteiger partial charge in [-0.25, -0.2) is 0 Å². The van der Waals surface area contributed by atoms with Gasteiger partial charge in [0.1, 0.15) is 0 Å². The standard InChI is InChI=1S/C13H28N2O/c1-3-12(4-2)11-15-8-5-13(6-9-15)16-10-7-14/h12-13H,3-11,14H2,1-2H3. The van der Waals surface area contributed by atoms with Gasteiger partial charge in [0, 0.05) is 26.2 Å². The molecular weight excluding hydrogens is 200 g/mol. The summed E-state index contributed by atoms with van der Waals surface area (Å²) < 4.78 is 5.69. The van der Waals surface area contributed by atoms with Gasteiger partial charge in [-0.2, -0.15) is 0 Å². The van der Waals surface area contributed by atoms with Crippen LogP contribution in [-0.4, -0.2) is 43.8 Å². The highest BCUT2D eigenvalue weighted by atomic mass is 16.5. The molecule has 0 spiro atoms. The predicted octanol–water partition coefficient (Wildman–Crippen LogP) is 1.86. The van der Waals surface area contributed by atoms with Crippen molar-refractivity contribution in [2.24, 2.45) is 11.7 Å². The average Bonchev–Trinajstić information content (AvgIpc) is 2.35. The Hall–Kier alpha value is -0.120. The van der Waals surface area contributed by atoms with Crippen LogP contribution in [0.2, 0.25) is 0 Å². The van der Waals surface area contributed by atoms with Gasteiger partial charge in [0.05, 0.1) is 12.7 Å². The fraction of sp³-hybridized carbons (Fsp3) is 1.00. The smallest absolute Gasteiger partial charge is 0.0600 e. The van der Waals surface area contributed by atoms with Gasteiger partial charge in [-0.05, 0) is 18.8 Å². The molecule has 2 N–H and O–H groups in total. The lowest BCUT2D eigenvalue weighted by molar-refractivity contribution is 0.00817. The molecule has 0 atom stereocenters. The summed E-state index contributed by atoms with van der Waals surface area (Å²) in [6.45, 7) is 9.63. The minimum absolute atomic E-state index is 0.460. The van der Waals surface area contributed by atoms with Crippen LogP contribution >= 0.6 is 0 Å². The number of ether oxygens (including phenoxy) is 1. The van der Waals surface area contributed by atoms with Crippen molar-refractivity contribution in [3.8, 4) is 0 Å². The Morgan fingerprint density at radius 1 is 1.25 bits per heavy atom. The molecule has 1 heterocycles. The first kappa shape index (κ1) is 13.9. The van der Waals surface area contributed by atoms with Crippen molar-refractivity contribution >= 4 is 0 Å². The molecular formula is C13H28N2O. The normalized spacial score (nSPS) is 19.5.